The number of carbonyl (C=O) groups excluding carboxylic acids is 2. The Bertz CT molecular complexity index is 752. The first kappa shape index (κ1) is 16.2. The first-order valence-electron chi connectivity index (χ1n) is 8.23. The number of fused-ring (bicyclic) bond motifs is 1. The quantitative estimate of drug-likeness (QED) is 0.873. The highest BCUT2D eigenvalue weighted by atomic mass is 16.5. The number of esters is 1. The molecule has 2 N–H and O–H groups in total. The standard InChI is InChI=1S/C18H21N3O3/c1-12(16(19)22)24-18(23)15-14-10-6-3-7-11-21(14)17(20-15)13-8-4-2-5-9-13/h2,4-5,8-9,12H,3,6-7,10-11H2,1H3,(H2,19,22)/t12-/m1/s1. The van der Waals surface area contributed by atoms with Gasteiger partial charge in [0.2, 0.25) is 0 Å². The number of imidazole rings is 1. The van der Waals surface area contributed by atoms with Crippen molar-refractivity contribution >= 4 is 11.9 Å². The molecule has 0 aliphatic carbocycles. The molecular weight excluding hydrogens is 306 g/mol. The summed E-state index contributed by atoms with van der Waals surface area (Å²) in [6.45, 7) is 2.29. The lowest BCUT2D eigenvalue weighted by Gasteiger charge is -2.10. The van der Waals surface area contributed by atoms with E-state index in [0.29, 0.717) is 5.69 Å². The van der Waals surface area contributed by atoms with E-state index in [2.05, 4.69) is 9.55 Å². The summed E-state index contributed by atoms with van der Waals surface area (Å²) in [7, 11) is 0. The second-order valence-corrected chi connectivity index (χ2v) is 6.01. The number of carbonyl (C=O) groups is 2. The van der Waals surface area contributed by atoms with Gasteiger partial charge in [0, 0.05) is 12.1 Å². The van der Waals surface area contributed by atoms with Crippen LogP contribution in [0.3, 0.4) is 0 Å². The molecule has 2 aromatic rings. The highest BCUT2D eigenvalue weighted by molar-refractivity contribution is 5.92. The highest BCUT2D eigenvalue weighted by Gasteiger charge is 2.27. The van der Waals surface area contributed by atoms with E-state index >= 15 is 0 Å². The zero-order valence-corrected chi connectivity index (χ0v) is 13.7. The van der Waals surface area contributed by atoms with E-state index in [9.17, 15) is 9.59 Å². The average molecular weight is 327 g/mol. The largest absolute Gasteiger partial charge is 0.448 e. The summed E-state index contributed by atoms with van der Waals surface area (Å²) in [5.74, 6) is -0.489. The number of nitrogens with zero attached hydrogens (tertiary/aromatic N) is 2. The maximum Gasteiger partial charge on any atom is 0.359 e. The Hall–Kier alpha value is -2.63. The van der Waals surface area contributed by atoms with Crippen molar-refractivity contribution in [1.29, 1.82) is 0 Å². The third-order valence-electron chi connectivity index (χ3n) is 4.28. The van der Waals surface area contributed by atoms with Crippen LogP contribution in [0.4, 0.5) is 0 Å². The van der Waals surface area contributed by atoms with Gasteiger partial charge in [-0.3, -0.25) is 4.79 Å². The predicted octanol–water partition coefficient (Wildman–Crippen LogP) is 2.31. The van der Waals surface area contributed by atoms with Crippen LogP contribution in [0.2, 0.25) is 0 Å². The van der Waals surface area contributed by atoms with Crippen LogP contribution in [-0.2, 0) is 22.5 Å². The molecule has 1 aliphatic heterocycles. The molecule has 1 aromatic carbocycles. The molecule has 1 amide bonds. The van der Waals surface area contributed by atoms with Gasteiger partial charge in [-0.05, 0) is 26.2 Å². The summed E-state index contributed by atoms with van der Waals surface area (Å²) in [5, 5.41) is 0. The SMILES string of the molecule is C[C@@H](OC(=O)c1nc(-c2ccccc2)n2c1CCCCC2)C(N)=O. The van der Waals surface area contributed by atoms with Gasteiger partial charge < -0.3 is 15.0 Å². The lowest BCUT2D eigenvalue weighted by molar-refractivity contribution is -0.125. The Morgan fingerprint density at radius 1 is 1.21 bits per heavy atom. The molecule has 1 aromatic heterocycles. The fourth-order valence-corrected chi connectivity index (χ4v) is 2.97. The van der Waals surface area contributed by atoms with Crippen LogP contribution in [0.25, 0.3) is 11.4 Å². The van der Waals surface area contributed by atoms with Gasteiger partial charge in [0.15, 0.2) is 11.8 Å². The Morgan fingerprint density at radius 3 is 2.67 bits per heavy atom. The molecule has 1 atom stereocenters. The van der Waals surface area contributed by atoms with E-state index in [1.807, 2.05) is 30.3 Å². The van der Waals surface area contributed by atoms with Crippen molar-refractivity contribution < 1.29 is 14.3 Å². The fraction of sp³-hybridized carbons (Fsp3) is 0.389. The minimum absolute atomic E-state index is 0.295. The van der Waals surface area contributed by atoms with Crippen molar-refractivity contribution in [2.24, 2.45) is 5.73 Å². The van der Waals surface area contributed by atoms with Gasteiger partial charge in [0.1, 0.15) is 5.82 Å². The molecule has 3 rings (SSSR count). The average Bonchev–Trinajstić information content (AvgIpc) is 2.77. The highest BCUT2D eigenvalue weighted by Crippen LogP contribution is 2.27. The van der Waals surface area contributed by atoms with Crippen molar-refractivity contribution in [3.63, 3.8) is 0 Å². The summed E-state index contributed by atoms with van der Waals surface area (Å²) in [6, 6.07) is 9.78. The van der Waals surface area contributed by atoms with Crippen molar-refractivity contribution in [3.8, 4) is 11.4 Å². The maximum absolute atomic E-state index is 12.5. The second-order valence-electron chi connectivity index (χ2n) is 6.01. The topological polar surface area (TPSA) is 87.2 Å². The number of aromatic nitrogens is 2. The molecule has 0 unspecified atom stereocenters. The molecule has 0 saturated carbocycles. The Kier molecular flexibility index (Phi) is 4.64. The van der Waals surface area contributed by atoms with Crippen molar-refractivity contribution in [3.05, 3.63) is 41.7 Å². The summed E-state index contributed by atoms with van der Waals surface area (Å²) >= 11 is 0. The number of hydrogen-bond donors (Lipinski definition) is 1. The summed E-state index contributed by atoms with van der Waals surface area (Å²) in [5.41, 5.74) is 7.32. The molecule has 0 spiro atoms. The van der Waals surface area contributed by atoms with E-state index < -0.39 is 18.0 Å². The summed E-state index contributed by atoms with van der Waals surface area (Å²) in [4.78, 5) is 28.2. The number of ether oxygens (including phenoxy) is 1. The van der Waals surface area contributed by atoms with E-state index in [-0.39, 0.29) is 0 Å². The number of benzene rings is 1. The Balaban J connectivity index is 2.02. The summed E-state index contributed by atoms with van der Waals surface area (Å²) < 4.78 is 7.27. The minimum atomic E-state index is -0.971. The molecule has 0 bridgehead atoms. The molecule has 6 heteroatoms. The monoisotopic (exact) mass is 327 g/mol. The fourth-order valence-electron chi connectivity index (χ4n) is 2.97. The van der Waals surface area contributed by atoms with Crippen LogP contribution >= 0.6 is 0 Å². The molecule has 2 heterocycles. The molecule has 6 nitrogen and oxygen atoms in total. The maximum atomic E-state index is 12.5. The molecule has 0 saturated heterocycles. The zero-order chi connectivity index (χ0) is 17.1. The van der Waals surface area contributed by atoms with Crippen molar-refractivity contribution in [2.75, 3.05) is 0 Å². The molecule has 24 heavy (non-hydrogen) atoms. The normalized spacial score (nSPS) is 15.2. The Morgan fingerprint density at radius 2 is 1.96 bits per heavy atom. The molecular formula is C18H21N3O3. The van der Waals surface area contributed by atoms with E-state index in [1.54, 1.807) is 0 Å². The molecule has 0 radical (unpaired) electrons. The smallest absolute Gasteiger partial charge is 0.359 e. The van der Waals surface area contributed by atoms with Gasteiger partial charge >= 0.3 is 5.97 Å². The van der Waals surface area contributed by atoms with E-state index in [4.69, 9.17) is 10.5 Å². The first-order chi connectivity index (χ1) is 11.6. The van der Waals surface area contributed by atoms with Gasteiger partial charge in [0.05, 0.1) is 5.69 Å². The van der Waals surface area contributed by atoms with E-state index in [0.717, 1.165) is 49.3 Å². The zero-order valence-electron chi connectivity index (χ0n) is 13.7. The predicted molar refractivity (Wildman–Crippen MR) is 89.3 cm³/mol. The summed E-state index contributed by atoms with van der Waals surface area (Å²) in [6.07, 6.45) is 2.97. The van der Waals surface area contributed by atoms with Crippen LogP contribution in [0.5, 0.6) is 0 Å². The third kappa shape index (κ3) is 3.18. The third-order valence-corrected chi connectivity index (χ3v) is 4.28. The van der Waals surface area contributed by atoms with Crippen LogP contribution in [0.15, 0.2) is 30.3 Å². The number of hydrogen-bond acceptors (Lipinski definition) is 4. The van der Waals surface area contributed by atoms with Gasteiger partial charge in [0.25, 0.3) is 5.91 Å². The van der Waals surface area contributed by atoms with Crippen molar-refractivity contribution in [1.82, 2.24) is 9.55 Å². The molecule has 1 aliphatic rings. The molecule has 0 fully saturated rings. The first-order valence-corrected chi connectivity index (χ1v) is 8.23. The Labute approximate surface area is 140 Å². The number of primary amides is 1. The number of rotatable bonds is 4. The van der Waals surface area contributed by atoms with Crippen molar-refractivity contribution in [2.45, 2.75) is 45.3 Å². The van der Waals surface area contributed by atoms with Gasteiger partial charge in [-0.1, -0.05) is 36.8 Å². The minimum Gasteiger partial charge on any atom is -0.448 e. The number of amides is 1. The van der Waals surface area contributed by atoms with Crippen LogP contribution in [0, 0.1) is 0 Å². The number of nitrogens with two attached hydrogens (primary N) is 1. The van der Waals surface area contributed by atoms with Crippen LogP contribution in [-0.4, -0.2) is 27.5 Å². The van der Waals surface area contributed by atoms with Crippen LogP contribution < -0.4 is 5.73 Å². The van der Waals surface area contributed by atoms with Crippen LogP contribution in [0.1, 0.15) is 42.4 Å². The van der Waals surface area contributed by atoms with E-state index in [1.165, 1.54) is 6.92 Å². The van der Waals surface area contributed by atoms with Gasteiger partial charge in [-0.15, -0.1) is 0 Å². The lowest BCUT2D eigenvalue weighted by Crippen LogP contribution is -2.30. The lowest BCUT2D eigenvalue weighted by atomic mass is 10.1. The molecule has 126 valence electrons. The van der Waals surface area contributed by atoms with Gasteiger partial charge in [-0.25, -0.2) is 9.78 Å². The van der Waals surface area contributed by atoms with Gasteiger partial charge in [-0.2, -0.15) is 0 Å². The second kappa shape index (κ2) is 6.86.